The number of hydrogen-bond acceptors (Lipinski definition) is 2. The Balaban J connectivity index is 2.56. The highest BCUT2D eigenvalue weighted by molar-refractivity contribution is 9.10. The van der Waals surface area contributed by atoms with Gasteiger partial charge in [-0.15, -0.1) is 11.8 Å². The molecular weight excluding hydrogens is 284 g/mol. The number of halogens is 1. The van der Waals surface area contributed by atoms with Gasteiger partial charge in [0.1, 0.15) is 0 Å². The molecule has 0 unspecified atom stereocenters. The molecule has 0 bridgehead atoms. The summed E-state index contributed by atoms with van der Waals surface area (Å²) in [4.78, 5) is 12.5. The summed E-state index contributed by atoms with van der Waals surface area (Å²) in [6.45, 7) is 3.80. The van der Waals surface area contributed by atoms with Crippen molar-refractivity contribution in [3.05, 3.63) is 28.2 Å². The van der Waals surface area contributed by atoms with Crippen LogP contribution >= 0.6 is 27.7 Å². The molecule has 1 aromatic rings. The zero-order chi connectivity index (χ0) is 12.0. The van der Waals surface area contributed by atoms with Crippen LogP contribution in [-0.4, -0.2) is 11.5 Å². The Morgan fingerprint density at radius 2 is 2.12 bits per heavy atom. The summed E-state index contributed by atoms with van der Waals surface area (Å²) in [5.74, 6) is 1.26. The number of Topliss-reactive ketones (excluding diaryl/α,β-unsaturated/α-hetero) is 1. The van der Waals surface area contributed by atoms with Gasteiger partial charge in [-0.3, -0.25) is 4.79 Å². The van der Waals surface area contributed by atoms with E-state index >= 15 is 0 Å². The normalized spacial score (nSPS) is 10.4. The molecule has 0 aliphatic carbocycles. The fraction of sp³-hybridized carbons (Fsp3) is 0.462. The molecule has 0 saturated heterocycles. The van der Waals surface area contributed by atoms with Crippen molar-refractivity contribution in [3.63, 3.8) is 0 Å². The highest BCUT2D eigenvalue weighted by Gasteiger charge is 2.05. The number of carbonyl (C=O) groups excluding carboxylic acids is 1. The van der Waals surface area contributed by atoms with Crippen LogP contribution in [0.4, 0.5) is 0 Å². The van der Waals surface area contributed by atoms with Gasteiger partial charge in [-0.1, -0.05) is 35.7 Å². The number of unbranched alkanes of at least 4 members (excludes halogenated alkanes) is 2. The van der Waals surface area contributed by atoms with Crippen LogP contribution in [0.3, 0.4) is 0 Å². The van der Waals surface area contributed by atoms with Crippen molar-refractivity contribution in [2.45, 2.75) is 38.0 Å². The summed E-state index contributed by atoms with van der Waals surface area (Å²) in [6, 6.07) is 5.96. The summed E-state index contributed by atoms with van der Waals surface area (Å²) in [6.07, 6.45) is 3.81. The molecule has 1 nitrogen and oxygen atoms in total. The van der Waals surface area contributed by atoms with Crippen molar-refractivity contribution >= 4 is 33.5 Å². The lowest BCUT2D eigenvalue weighted by atomic mass is 10.2. The van der Waals surface area contributed by atoms with E-state index < -0.39 is 0 Å². The predicted octanol–water partition coefficient (Wildman–Crippen LogP) is 4.93. The van der Waals surface area contributed by atoms with Gasteiger partial charge in [0.2, 0.25) is 0 Å². The summed E-state index contributed by atoms with van der Waals surface area (Å²) in [7, 11) is 0. The van der Waals surface area contributed by atoms with E-state index in [1.54, 1.807) is 6.92 Å². The molecule has 0 saturated carbocycles. The lowest BCUT2D eigenvalue weighted by Crippen LogP contribution is -1.93. The third-order valence-electron chi connectivity index (χ3n) is 2.34. The number of benzene rings is 1. The van der Waals surface area contributed by atoms with Crippen molar-refractivity contribution < 1.29 is 4.79 Å². The quantitative estimate of drug-likeness (QED) is 0.421. The van der Waals surface area contributed by atoms with Crippen LogP contribution in [0.25, 0.3) is 0 Å². The first-order valence-corrected chi connectivity index (χ1v) is 7.36. The van der Waals surface area contributed by atoms with Crippen LogP contribution in [0.2, 0.25) is 0 Å². The van der Waals surface area contributed by atoms with E-state index in [2.05, 4.69) is 22.9 Å². The van der Waals surface area contributed by atoms with E-state index in [1.165, 1.54) is 24.2 Å². The zero-order valence-electron chi connectivity index (χ0n) is 9.75. The van der Waals surface area contributed by atoms with Crippen molar-refractivity contribution in [1.29, 1.82) is 0 Å². The zero-order valence-corrected chi connectivity index (χ0v) is 12.2. The van der Waals surface area contributed by atoms with Gasteiger partial charge < -0.3 is 0 Å². The number of carbonyl (C=O) groups is 1. The highest BCUT2D eigenvalue weighted by atomic mass is 79.9. The fourth-order valence-corrected chi connectivity index (χ4v) is 3.17. The van der Waals surface area contributed by atoms with Gasteiger partial charge in [-0.2, -0.15) is 0 Å². The van der Waals surface area contributed by atoms with Gasteiger partial charge in [-0.25, -0.2) is 0 Å². The molecule has 0 aliphatic rings. The molecule has 0 atom stereocenters. The molecule has 88 valence electrons. The van der Waals surface area contributed by atoms with E-state index in [9.17, 15) is 4.79 Å². The van der Waals surface area contributed by atoms with Crippen LogP contribution in [0.1, 0.15) is 43.5 Å². The predicted molar refractivity (Wildman–Crippen MR) is 74.4 cm³/mol. The largest absolute Gasteiger partial charge is 0.294 e. The molecule has 3 heteroatoms. The maximum absolute atomic E-state index is 11.2. The van der Waals surface area contributed by atoms with Crippen molar-refractivity contribution in [2.24, 2.45) is 0 Å². The van der Waals surface area contributed by atoms with Gasteiger partial charge in [-0.05, 0) is 37.3 Å². The molecule has 0 aromatic heterocycles. The van der Waals surface area contributed by atoms with Crippen molar-refractivity contribution in [2.75, 3.05) is 5.75 Å². The Labute approximate surface area is 110 Å². The third kappa shape index (κ3) is 4.30. The molecule has 0 radical (unpaired) electrons. The monoisotopic (exact) mass is 300 g/mol. The topological polar surface area (TPSA) is 17.1 Å². The van der Waals surface area contributed by atoms with E-state index in [1.807, 2.05) is 30.0 Å². The molecule has 0 aliphatic heterocycles. The molecule has 1 rings (SSSR count). The Morgan fingerprint density at radius 1 is 1.38 bits per heavy atom. The highest BCUT2D eigenvalue weighted by Crippen LogP contribution is 2.26. The molecule has 0 fully saturated rings. The summed E-state index contributed by atoms with van der Waals surface area (Å²) in [5.41, 5.74) is 0.762. The first kappa shape index (κ1) is 13.8. The second-order valence-electron chi connectivity index (χ2n) is 3.75. The number of hydrogen-bond donors (Lipinski definition) is 0. The lowest BCUT2D eigenvalue weighted by molar-refractivity contribution is 0.101. The fourth-order valence-electron chi connectivity index (χ4n) is 1.41. The SMILES string of the molecule is CCCCCSc1ccc(C(C)=O)c(Br)c1. The maximum Gasteiger partial charge on any atom is 0.160 e. The van der Waals surface area contributed by atoms with Crippen molar-refractivity contribution in [3.8, 4) is 0 Å². The third-order valence-corrected chi connectivity index (χ3v) is 4.07. The summed E-state index contributed by atoms with van der Waals surface area (Å²) >= 11 is 5.29. The molecule has 16 heavy (non-hydrogen) atoms. The van der Waals surface area contributed by atoms with Crippen LogP contribution in [0.5, 0.6) is 0 Å². The molecular formula is C13H17BrOS. The minimum Gasteiger partial charge on any atom is -0.294 e. The Morgan fingerprint density at radius 3 is 2.69 bits per heavy atom. The van der Waals surface area contributed by atoms with Crippen LogP contribution < -0.4 is 0 Å². The van der Waals surface area contributed by atoms with Crippen LogP contribution in [-0.2, 0) is 0 Å². The van der Waals surface area contributed by atoms with E-state index in [-0.39, 0.29) is 5.78 Å². The first-order chi connectivity index (χ1) is 7.65. The number of ketones is 1. The van der Waals surface area contributed by atoms with Gasteiger partial charge in [0.15, 0.2) is 5.78 Å². The van der Waals surface area contributed by atoms with E-state index in [0.29, 0.717) is 0 Å². The Bertz CT molecular complexity index is 363. The molecule has 0 N–H and O–H groups in total. The molecule has 0 heterocycles. The van der Waals surface area contributed by atoms with Gasteiger partial charge >= 0.3 is 0 Å². The minimum absolute atomic E-state index is 0.106. The Hall–Kier alpha value is -0.280. The average Bonchev–Trinajstić information content (AvgIpc) is 2.24. The molecule has 0 spiro atoms. The second kappa shape index (κ2) is 7.13. The van der Waals surface area contributed by atoms with Crippen molar-refractivity contribution in [1.82, 2.24) is 0 Å². The Kier molecular flexibility index (Phi) is 6.14. The summed E-state index contributed by atoms with van der Waals surface area (Å²) in [5, 5.41) is 0. The van der Waals surface area contributed by atoms with E-state index in [0.717, 1.165) is 15.8 Å². The van der Waals surface area contributed by atoms with Gasteiger partial charge in [0.05, 0.1) is 0 Å². The first-order valence-electron chi connectivity index (χ1n) is 5.58. The second-order valence-corrected chi connectivity index (χ2v) is 5.78. The average molecular weight is 301 g/mol. The lowest BCUT2D eigenvalue weighted by Gasteiger charge is -2.04. The standard InChI is InChI=1S/C13H17BrOS/c1-3-4-5-8-16-11-6-7-12(10(2)15)13(14)9-11/h6-7,9H,3-5,8H2,1-2H3. The van der Waals surface area contributed by atoms with Crippen LogP contribution in [0, 0.1) is 0 Å². The number of rotatable bonds is 6. The summed E-state index contributed by atoms with van der Waals surface area (Å²) < 4.78 is 0.903. The van der Waals surface area contributed by atoms with E-state index in [4.69, 9.17) is 0 Å². The van der Waals surface area contributed by atoms with Gasteiger partial charge in [0, 0.05) is 14.9 Å². The minimum atomic E-state index is 0.106. The smallest absolute Gasteiger partial charge is 0.160 e. The number of thioether (sulfide) groups is 1. The molecule has 1 aromatic carbocycles. The van der Waals surface area contributed by atoms with Crippen LogP contribution in [0.15, 0.2) is 27.6 Å². The van der Waals surface area contributed by atoms with Gasteiger partial charge in [0.25, 0.3) is 0 Å². The maximum atomic E-state index is 11.2. The molecule has 0 amide bonds.